The highest BCUT2D eigenvalue weighted by atomic mass is 32.2. The normalized spacial score (nSPS) is 18.5. The lowest BCUT2D eigenvalue weighted by Crippen LogP contribution is -2.55. The molecular formula is C13H17FN2O3S. The summed E-state index contributed by atoms with van der Waals surface area (Å²) in [4.78, 5) is 12.4. The predicted molar refractivity (Wildman–Crippen MR) is 74.7 cm³/mol. The molecule has 0 atom stereocenters. The van der Waals surface area contributed by atoms with E-state index in [0.717, 1.165) is 12.3 Å². The number of anilines is 1. The third-order valence-corrected chi connectivity index (χ3v) is 5.63. The Morgan fingerprint density at radius 1 is 1.35 bits per heavy atom. The maximum absolute atomic E-state index is 13.1. The molecule has 20 heavy (non-hydrogen) atoms. The van der Waals surface area contributed by atoms with Gasteiger partial charge in [0.15, 0.2) is 14.6 Å². The van der Waals surface area contributed by atoms with Crippen molar-refractivity contribution in [2.75, 3.05) is 24.7 Å². The van der Waals surface area contributed by atoms with E-state index >= 15 is 0 Å². The van der Waals surface area contributed by atoms with Gasteiger partial charge in [-0.05, 0) is 44.1 Å². The lowest BCUT2D eigenvalue weighted by atomic mass is 9.95. The lowest BCUT2D eigenvalue weighted by Gasteiger charge is -2.34. The van der Waals surface area contributed by atoms with E-state index in [1.165, 1.54) is 18.2 Å². The first kappa shape index (κ1) is 14.9. The summed E-state index contributed by atoms with van der Waals surface area (Å²) in [5, 5.41) is 5.55. The summed E-state index contributed by atoms with van der Waals surface area (Å²) in [7, 11) is -3.56. The number of hydrogen-bond donors (Lipinski definition) is 2. The van der Waals surface area contributed by atoms with Crippen LogP contribution in [0.5, 0.6) is 0 Å². The Morgan fingerprint density at radius 3 is 2.55 bits per heavy atom. The molecular weight excluding hydrogens is 283 g/mol. The standard InChI is InChI=1S/C13H17FN2O3S/c1-20(18,19)13(5-7-15-8-6-13)12(17)16-11-4-2-3-10(14)9-11/h2-4,9,15H,5-8H2,1H3,(H,16,17). The molecule has 1 amide bonds. The number of nitrogens with one attached hydrogen (secondary N) is 2. The average molecular weight is 300 g/mol. The molecule has 1 aliphatic heterocycles. The minimum absolute atomic E-state index is 0.215. The Hall–Kier alpha value is -1.47. The second-order valence-electron chi connectivity index (χ2n) is 4.98. The van der Waals surface area contributed by atoms with Crippen molar-refractivity contribution in [2.45, 2.75) is 17.6 Å². The van der Waals surface area contributed by atoms with Crippen molar-refractivity contribution in [3.05, 3.63) is 30.1 Å². The van der Waals surface area contributed by atoms with Gasteiger partial charge in [-0.1, -0.05) is 6.07 Å². The number of halogens is 1. The minimum atomic E-state index is -3.56. The molecule has 2 rings (SSSR count). The fourth-order valence-corrected chi connectivity index (χ4v) is 3.74. The Kier molecular flexibility index (Phi) is 4.10. The lowest BCUT2D eigenvalue weighted by molar-refractivity contribution is -0.119. The minimum Gasteiger partial charge on any atom is -0.325 e. The van der Waals surface area contributed by atoms with Gasteiger partial charge in [0.2, 0.25) is 5.91 Å². The van der Waals surface area contributed by atoms with Gasteiger partial charge in [0.25, 0.3) is 0 Å². The van der Waals surface area contributed by atoms with Gasteiger partial charge >= 0.3 is 0 Å². The molecule has 0 spiro atoms. The third-order valence-electron chi connectivity index (χ3n) is 3.62. The molecule has 7 heteroatoms. The van der Waals surface area contributed by atoms with Crippen LogP contribution in [0.3, 0.4) is 0 Å². The van der Waals surface area contributed by atoms with Crippen molar-refractivity contribution in [3.8, 4) is 0 Å². The van der Waals surface area contributed by atoms with Crippen LogP contribution in [0.15, 0.2) is 24.3 Å². The van der Waals surface area contributed by atoms with Gasteiger partial charge in [-0.2, -0.15) is 0 Å². The first-order valence-electron chi connectivity index (χ1n) is 6.32. The van der Waals surface area contributed by atoms with Gasteiger partial charge in [0.1, 0.15) is 5.82 Å². The summed E-state index contributed by atoms with van der Waals surface area (Å²) in [6.45, 7) is 0.924. The van der Waals surface area contributed by atoms with Crippen LogP contribution < -0.4 is 10.6 Å². The highest BCUT2D eigenvalue weighted by molar-refractivity contribution is 7.92. The summed E-state index contributed by atoms with van der Waals surface area (Å²) >= 11 is 0. The molecule has 0 radical (unpaired) electrons. The van der Waals surface area contributed by atoms with Crippen molar-refractivity contribution >= 4 is 21.4 Å². The molecule has 0 unspecified atom stereocenters. The number of amides is 1. The number of piperidine rings is 1. The van der Waals surface area contributed by atoms with Crippen molar-refractivity contribution in [1.82, 2.24) is 5.32 Å². The molecule has 0 saturated carbocycles. The molecule has 1 heterocycles. The van der Waals surface area contributed by atoms with E-state index < -0.39 is 26.3 Å². The number of hydrogen-bond acceptors (Lipinski definition) is 4. The monoisotopic (exact) mass is 300 g/mol. The Morgan fingerprint density at radius 2 is 2.00 bits per heavy atom. The Labute approximate surface area is 117 Å². The average Bonchev–Trinajstić information content (AvgIpc) is 2.38. The molecule has 2 N–H and O–H groups in total. The van der Waals surface area contributed by atoms with E-state index in [2.05, 4.69) is 10.6 Å². The second kappa shape index (κ2) is 5.49. The van der Waals surface area contributed by atoms with Gasteiger partial charge in [-0.15, -0.1) is 0 Å². The fraction of sp³-hybridized carbons (Fsp3) is 0.462. The highest BCUT2D eigenvalue weighted by Crippen LogP contribution is 2.29. The van der Waals surface area contributed by atoms with Crippen LogP contribution in [0.25, 0.3) is 0 Å². The topological polar surface area (TPSA) is 75.3 Å². The molecule has 1 saturated heterocycles. The fourth-order valence-electron chi connectivity index (χ4n) is 2.41. The van der Waals surface area contributed by atoms with Crippen molar-refractivity contribution in [3.63, 3.8) is 0 Å². The van der Waals surface area contributed by atoms with Gasteiger partial charge in [-0.25, -0.2) is 12.8 Å². The quantitative estimate of drug-likeness (QED) is 0.871. The van der Waals surface area contributed by atoms with Gasteiger partial charge in [-0.3, -0.25) is 4.79 Å². The van der Waals surface area contributed by atoms with E-state index in [1.807, 2.05) is 0 Å². The zero-order chi connectivity index (χ0) is 14.8. The van der Waals surface area contributed by atoms with Crippen LogP contribution in [0.1, 0.15) is 12.8 Å². The van der Waals surface area contributed by atoms with Crippen LogP contribution in [0, 0.1) is 5.82 Å². The Bertz CT molecular complexity index is 610. The summed E-state index contributed by atoms with van der Waals surface area (Å²) in [5.74, 6) is -1.08. The molecule has 110 valence electrons. The van der Waals surface area contributed by atoms with E-state index in [0.29, 0.717) is 13.1 Å². The summed E-state index contributed by atoms with van der Waals surface area (Å²) in [6, 6.07) is 5.40. The molecule has 0 aromatic heterocycles. The van der Waals surface area contributed by atoms with Gasteiger partial charge in [0.05, 0.1) is 0 Å². The SMILES string of the molecule is CS(=O)(=O)C1(C(=O)Nc2cccc(F)c2)CCNCC1. The number of carbonyl (C=O) groups excluding carboxylic acids is 1. The Balaban J connectivity index is 2.28. The molecule has 0 bridgehead atoms. The van der Waals surface area contributed by atoms with Crippen molar-refractivity contribution < 1.29 is 17.6 Å². The first-order valence-corrected chi connectivity index (χ1v) is 8.22. The van der Waals surface area contributed by atoms with Crippen LogP contribution >= 0.6 is 0 Å². The third kappa shape index (κ3) is 2.83. The first-order chi connectivity index (χ1) is 9.35. The summed E-state index contributed by atoms with van der Waals surface area (Å²) < 4.78 is 35.8. The van der Waals surface area contributed by atoms with E-state index in [-0.39, 0.29) is 18.5 Å². The van der Waals surface area contributed by atoms with E-state index in [4.69, 9.17) is 0 Å². The highest BCUT2D eigenvalue weighted by Gasteiger charge is 2.48. The van der Waals surface area contributed by atoms with Crippen molar-refractivity contribution in [1.29, 1.82) is 0 Å². The molecule has 1 fully saturated rings. The number of carbonyl (C=O) groups is 1. The smallest absolute Gasteiger partial charge is 0.245 e. The molecule has 1 aromatic rings. The maximum atomic E-state index is 13.1. The predicted octanol–water partition coefficient (Wildman–Crippen LogP) is 0.931. The summed E-state index contributed by atoms with van der Waals surface area (Å²) in [6.07, 6.45) is 1.50. The largest absolute Gasteiger partial charge is 0.325 e. The summed E-state index contributed by atoms with van der Waals surface area (Å²) in [5.41, 5.74) is 0.261. The molecule has 1 aromatic carbocycles. The maximum Gasteiger partial charge on any atom is 0.245 e. The van der Waals surface area contributed by atoms with Crippen LogP contribution in [0.4, 0.5) is 10.1 Å². The molecule has 1 aliphatic rings. The second-order valence-corrected chi connectivity index (χ2v) is 7.31. The molecule has 0 aliphatic carbocycles. The van der Waals surface area contributed by atoms with E-state index in [1.54, 1.807) is 0 Å². The number of sulfone groups is 1. The zero-order valence-electron chi connectivity index (χ0n) is 11.1. The van der Waals surface area contributed by atoms with Crippen LogP contribution in [-0.2, 0) is 14.6 Å². The number of benzene rings is 1. The van der Waals surface area contributed by atoms with Crippen molar-refractivity contribution in [2.24, 2.45) is 0 Å². The van der Waals surface area contributed by atoms with Gasteiger partial charge < -0.3 is 10.6 Å². The van der Waals surface area contributed by atoms with Gasteiger partial charge in [0, 0.05) is 11.9 Å². The zero-order valence-corrected chi connectivity index (χ0v) is 12.0. The van der Waals surface area contributed by atoms with E-state index in [9.17, 15) is 17.6 Å². The number of rotatable bonds is 3. The molecule has 5 nitrogen and oxygen atoms in total. The van der Waals surface area contributed by atoms with Crippen LogP contribution in [0.2, 0.25) is 0 Å². The van der Waals surface area contributed by atoms with Crippen LogP contribution in [-0.4, -0.2) is 38.4 Å².